The first-order valence-electron chi connectivity index (χ1n) is 5.74. The number of ketones is 2. The summed E-state index contributed by atoms with van der Waals surface area (Å²) < 4.78 is 10.3. The van der Waals surface area contributed by atoms with Gasteiger partial charge in [-0.15, -0.1) is 0 Å². The van der Waals surface area contributed by atoms with E-state index in [1.165, 1.54) is 14.0 Å². The smallest absolute Gasteiger partial charge is 0.167 e. The number of aryl methyl sites for hydroxylation is 1. The van der Waals surface area contributed by atoms with Gasteiger partial charge in [-0.2, -0.15) is 0 Å². The molecule has 0 unspecified atom stereocenters. The van der Waals surface area contributed by atoms with E-state index >= 15 is 0 Å². The minimum Gasteiger partial charge on any atom is -0.497 e. The monoisotopic (exact) mass is 250 g/mol. The molecule has 0 aliphatic carbocycles. The maximum Gasteiger partial charge on any atom is 0.167 e. The van der Waals surface area contributed by atoms with Crippen LogP contribution in [-0.2, 0) is 4.79 Å². The van der Waals surface area contributed by atoms with Crippen molar-refractivity contribution in [3.05, 3.63) is 23.3 Å². The van der Waals surface area contributed by atoms with Crippen LogP contribution in [0.15, 0.2) is 12.1 Å². The molecule has 1 rings (SSSR count). The van der Waals surface area contributed by atoms with E-state index in [4.69, 9.17) is 9.47 Å². The Bertz CT molecular complexity index is 463. The summed E-state index contributed by atoms with van der Waals surface area (Å²) in [5.74, 6) is 1.06. The highest BCUT2D eigenvalue weighted by Gasteiger charge is 2.17. The van der Waals surface area contributed by atoms with Gasteiger partial charge < -0.3 is 14.3 Å². The van der Waals surface area contributed by atoms with E-state index in [9.17, 15) is 9.59 Å². The van der Waals surface area contributed by atoms with Crippen LogP contribution in [0.5, 0.6) is 11.5 Å². The molecular weight excluding hydrogens is 232 g/mol. The molecule has 0 amide bonds. The minimum absolute atomic E-state index is 0.00785. The van der Waals surface area contributed by atoms with E-state index in [0.29, 0.717) is 17.1 Å². The topological polar surface area (TPSA) is 52.6 Å². The average molecular weight is 250 g/mol. The van der Waals surface area contributed by atoms with Gasteiger partial charge in [-0.1, -0.05) is 0 Å². The molecule has 0 saturated heterocycles. The summed E-state index contributed by atoms with van der Waals surface area (Å²) >= 11 is 0. The fraction of sp³-hybridized carbons (Fsp3) is 0.429. The predicted octanol–water partition coefficient (Wildman–Crippen LogP) is 2.56. The van der Waals surface area contributed by atoms with Crippen LogP contribution in [0.1, 0.15) is 35.7 Å². The van der Waals surface area contributed by atoms with Crippen LogP contribution in [0, 0.1) is 6.92 Å². The molecule has 0 aliphatic heterocycles. The van der Waals surface area contributed by atoms with Crippen molar-refractivity contribution in [1.29, 1.82) is 0 Å². The van der Waals surface area contributed by atoms with Crippen molar-refractivity contribution < 1.29 is 19.1 Å². The molecule has 0 aromatic heterocycles. The zero-order valence-corrected chi connectivity index (χ0v) is 11.2. The molecule has 0 bridgehead atoms. The normalized spacial score (nSPS) is 10.0. The van der Waals surface area contributed by atoms with Crippen molar-refractivity contribution >= 4 is 11.6 Å². The van der Waals surface area contributed by atoms with Crippen molar-refractivity contribution in [2.45, 2.75) is 26.7 Å². The van der Waals surface area contributed by atoms with Gasteiger partial charge in [-0.3, -0.25) is 4.79 Å². The number of methoxy groups -OCH3 is 2. The Morgan fingerprint density at radius 1 is 1.11 bits per heavy atom. The number of hydrogen-bond donors (Lipinski definition) is 0. The summed E-state index contributed by atoms with van der Waals surface area (Å²) in [6.07, 6.45) is 0.465. The molecule has 0 saturated carbocycles. The molecule has 0 spiro atoms. The lowest BCUT2D eigenvalue weighted by Crippen LogP contribution is -2.07. The SMILES string of the molecule is COc1cc(C)c(C(=O)CCC(C)=O)c(OC)c1. The highest BCUT2D eigenvalue weighted by molar-refractivity contribution is 6.01. The largest absolute Gasteiger partial charge is 0.497 e. The van der Waals surface area contributed by atoms with Gasteiger partial charge >= 0.3 is 0 Å². The van der Waals surface area contributed by atoms with E-state index in [-0.39, 0.29) is 24.4 Å². The van der Waals surface area contributed by atoms with Crippen molar-refractivity contribution in [2.75, 3.05) is 14.2 Å². The van der Waals surface area contributed by atoms with Gasteiger partial charge in [0.15, 0.2) is 5.78 Å². The van der Waals surface area contributed by atoms with Crippen LogP contribution in [0.3, 0.4) is 0 Å². The Labute approximate surface area is 107 Å². The Morgan fingerprint density at radius 3 is 2.28 bits per heavy atom. The third kappa shape index (κ3) is 3.32. The third-order valence-electron chi connectivity index (χ3n) is 2.71. The Kier molecular flexibility index (Phi) is 4.89. The molecule has 0 atom stereocenters. The van der Waals surface area contributed by atoms with Crippen molar-refractivity contribution in [3.63, 3.8) is 0 Å². The fourth-order valence-corrected chi connectivity index (χ4v) is 1.77. The van der Waals surface area contributed by atoms with Crippen LogP contribution in [0.4, 0.5) is 0 Å². The molecule has 1 aromatic rings. The lowest BCUT2D eigenvalue weighted by atomic mass is 9.99. The summed E-state index contributed by atoms with van der Waals surface area (Å²) in [7, 11) is 3.07. The Balaban J connectivity index is 3.06. The number of hydrogen-bond acceptors (Lipinski definition) is 4. The highest BCUT2D eigenvalue weighted by Crippen LogP contribution is 2.29. The van der Waals surface area contributed by atoms with E-state index in [0.717, 1.165) is 5.56 Å². The second kappa shape index (κ2) is 6.19. The fourth-order valence-electron chi connectivity index (χ4n) is 1.77. The summed E-state index contributed by atoms with van der Waals surface area (Å²) in [6.45, 7) is 3.30. The molecular formula is C14H18O4. The quantitative estimate of drug-likeness (QED) is 0.728. The molecule has 0 aliphatic rings. The zero-order valence-electron chi connectivity index (χ0n) is 11.2. The molecule has 0 heterocycles. The molecule has 18 heavy (non-hydrogen) atoms. The summed E-state index contributed by atoms with van der Waals surface area (Å²) in [6, 6.07) is 3.46. The van der Waals surface area contributed by atoms with Crippen LogP contribution in [-0.4, -0.2) is 25.8 Å². The summed E-state index contributed by atoms with van der Waals surface area (Å²) in [5.41, 5.74) is 1.32. The summed E-state index contributed by atoms with van der Waals surface area (Å²) in [4.78, 5) is 23.0. The molecule has 0 fully saturated rings. The van der Waals surface area contributed by atoms with Crippen LogP contribution < -0.4 is 9.47 Å². The molecule has 1 aromatic carbocycles. The lowest BCUT2D eigenvalue weighted by molar-refractivity contribution is -0.116. The highest BCUT2D eigenvalue weighted by atomic mass is 16.5. The van der Waals surface area contributed by atoms with Gasteiger partial charge in [-0.25, -0.2) is 0 Å². The van der Waals surface area contributed by atoms with Gasteiger partial charge in [0.2, 0.25) is 0 Å². The first kappa shape index (κ1) is 14.2. The second-order valence-electron chi connectivity index (χ2n) is 4.15. The molecule has 98 valence electrons. The van der Waals surface area contributed by atoms with Crippen molar-refractivity contribution in [3.8, 4) is 11.5 Å². The van der Waals surface area contributed by atoms with Crippen LogP contribution in [0.2, 0.25) is 0 Å². The Morgan fingerprint density at radius 2 is 1.78 bits per heavy atom. The number of rotatable bonds is 6. The van der Waals surface area contributed by atoms with Crippen LogP contribution in [0.25, 0.3) is 0 Å². The predicted molar refractivity (Wildman–Crippen MR) is 68.5 cm³/mol. The van der Waals surface area contributed by atoms with Gasteiger partial charge in [0, 0.05) is 18.9 Å². The Hall–Kier alpha value is -1.84. The lowest BCUT2D eigenvalue weighted by Gasteiger charge is -2.12. The van der Waals surface area contributed by atoms with Gasteiger partial charge in [0.1, 0.15) is 17.3 Å². The molecule has 4 heteroatoms. The van der Waals surface area contributed by atoms with E-state index < -0.39 is 0 Å². The van der Waals surface area contributed by atoms with E-state index in [1.54, 1.807) is 19.2 Å². The number of Topliss-reactive ketones (excluding diaryl/α,β-unsaturated/α-hetero) is 2. The zero-order chi connectivity index (χ0) is 13.7. The minimum atomic E-state index is -0.0813. The van der Waals surface area contributed by atoms with Gasteiger partial charge in [-0.05, 0) is 25.5 Å². The second-order valence-corrected chi connectivity index (χ2v) is 4.15. The van der Waals surface area contributed by atoms with E-state index in [1.807, 2.05) is 6.92 Å². The van der Waals surface area contributed by atoms with Gasteiger partial charge in [0.05, 0.1) is 19.8 Å². The molecule has 0 radical (unpaired) electrons. The first-order chi connectivity index (χ1) is 8.49. The van der Waals surface area contributed by atoms with Crippen molar-refractivity contribution in [2.24, 2.45) is 0 Å². The molecule has 0 N–H and O–H groups in total. The summed E-state index contributed by atoms with van der Waals surface area (Å²) in [5, 5.41) is 0. The van der Waals surface area contributed by atoms with Gasteiger partial charge in [0.25, 0.3) is 0 Å². The standard InChI is InChI=1S/C14H18O4/c1-9-7-11(17-3)8-13(18-4)14(9)12(16)6-5-10(2)15/h7-8H,5-6H2,1-4H3. The average Bonchev–Trinajstić information content (AvgIpc) is 2.34. The third-order valence-corrected chi connectivity index (χ3v) is 2.71. The van der Waals surface area contributed by atoms with Crippen molar-refractivity contribution in [1.82, 2.24) is 0 Å². The maximum atomic E-state index is 12.1. The number of carbonyl (C=O) groups excluding carboxylic acids is 2. The van der Waals surface area contributed by atoms with Crippen LogP contribution >= 0.6 is 0 Å². The first-order valence-corrected chi connectivity index (χ1v) is 5.74. The van der Waals surface area contributed by atoms with E-state index in [2.05, 4.69) is 0 Å². The number of ether oxygens (including phenoxy) is 2. The molecule has 4 nitrogen and oxygen atoms in total. The number of benzene rings is 1. The maximum absolute atomic E-state index is 12.1. The number of carbonyl (C=O) groups is 2.